The van der Waals surface area contributed by atoms with Crippen LogP contribution in [0.2, 0.25) is 0 Å². The van der Waals surface area contributed by atoms with Crippen molar-refractivity contribution in [3.63, 3.8) is 0 Å². The van der Waals surface area contributed by atoms with Crippen LogP contribution in [-0.2, 0) is 0 Å². The number of anilines is 1. The van der Waals surface area contributed by atoms with Crippen LogP contribution in [0, 0.1) is 0 Å². The maximum atomic E-state index is 5.87. The number of hydrogen-bond donors (Lipinski definition) is 1. The summed E-state index contributed by atoms with van der Waals surface area (Å²) in [5, 5.41) is 0.628. The predicted octanol–water partition coefficient (Wildman–Crippen LogP) is 3.92. The Morgan fingerprint density at radius 3 is 2.77 bits per heavy atom. The average Bonchev–Trinajstić information content (AvgIpc) is 2.09. The molecular formula is C10H14BrNS. The molecule has 0 saturated heterocycles. The van der Waals surface area contributed by atoms with E-state index < -0.39 is 0 Å². The van der Waals surface area contributed by atoms with Crippen LogP contribution in [0.5, 0.6) is 0 Å². The number of nitrogens with two attached hydrogens (primary N) is 1. The minimum absolute atomic E-state index is 0.628. The molecule has 1 aromatic rings. The second-order valence-corrected chi connectivity index (χ2v) is 5.41. The summed E-state index contributed by atoms with van der Waals surface area (Å²) in [4.78, 5) is 1.18. The van der Waals surface area contributed by atoms with Gasteiger partial charge < -0.3 is 5.73 Å². The zero-order valence-electron chi connectivity index (χ0n) is 7.88. The molecule has 0 aromatic heterocycles. The number of halogens is 1. The van der Waals surface area contributed by atoms with Crippen LogP contribution in [0.4, 0.5) is 5.69 Å². The van der Waals surface area contributed by atoms with Gasteiger partial charge in [0.1, 0.15) is 0 Å². The van der Waals surface area contributed by atoms with Gasteiger partial charge in [-0.3, -0.25) is 0 Å². The molecule has 3 heteroatoms. The number of nitrogen functional groups attached to an aromatic ring is 1. The maximum Gasteiger partial charge on any atom is 0.0463 e. The van der Waals surface area contributed by atoms with Gasteiger partial charge in [0.15, 0.2) is 0 Å². The number of thioether (sulfide) groups is 1. The summed E-state index contributed by atoms with van der Waals surface area (Å²) in [5.41, 5.74) is 6.73. The summed E-state index contributed by atoms with van der Waals surface area (Å²) in [6.45, 7) is 4.40. The lowest BCUT2D eigenvalue weighted by atomic mass is 10.3. The molecule has 1 nitrogen and oxygen atoms in total. The van der Waals surface area contributed by atoms with Crippen LogP contribution in [0.1, 0.15) is 20.3 Å². The third kappa shape index (κ3) is 3.24. The maximum absolute atomic E-state index is 5.87. The fraction of sp³-hybridized carbons (Fsp3) is 0.400. The van der Waals surface area contributed by atoms with Crippen molar-refractivity contribution >= 4 is 33.4 Å². The highest BCUT2D eigenvalue weighted by molar-refractivity contribution is 9.10. The summed E-state index contributed by atoms with van der Waals surface area (Å²) >= 11 is 5.22. The summed E-state index contributed by atoms with van der Waals surface area (Å²) in [6.07, 6.45) is 1.17. The topological polar surface area (TPSA) is 26.0 Å². The average molecular weight is 260 g/mol. The molecule has 0 amide bonds. The van der Waals surface area contributed by atoms with Crippen molar-refractivity contribution in [1.29, 1.82) is 0 Å². The Balaban J connectivity index is 2.77. The molecule has 0 spiro atoms. The van der Waals surface area contributed by atoms with Crippen molar-refractivity contribution < 1.29 is 0 Å². The first-order valence-electron chi connectivity index (χ1n) is 4.35. The fourth-order valence-corrected chi connectivity index (χ4v) is 2.25. The van der Waals surface area contributed by atoms with E-state index in [1.165, 1.54) is 11.3 Å². The Morgan fingerprint density at radius 2 is 2.23 bits per heavy atom. The summed E-state index contributed by atoms with van der Waals surface area (Å²) in [7, 11) is 0. The number of hydrogen-bond acceptors (Lipinski definition) is 2. The highest BCUT2D eigenvalue weighted by Crippen LogP contribution is 2.31. The molecule has 0 aliphatic heterocycles. The summed E-state index contributed by atoms with van der Waals surface area (Å²) in [6, 6.07) is 6.04. The van der Waals surface area contributed by atoms with E-state index in [1.807, 2.05) is 23.9 Å². The van der Waals surface area contributed by atoms with Crippen LogP contribution < -0.4 is 5.73 Å². The molecular weight excluding hydrogens is 246 g/mol. The number of benzene rings is 1. The minimum atomic E-state index is 0.628. The third-order valence-electron chi connectivity index (χ3n) is 1.87. The van der Waals surface area contributed by atoms with Gasteiger partial charge in [-0.1, -0.05) is 29.8 Å². The van der Waals surface area contributed by atoms with E-state index in [9.17, 15) is 0 Å². The van der Waals surface area contributed by atoms with Gasteiger partial charge in [-0.2, -0.15) is 0 Å². The van der Waals surface area contributed by atoms with Crippen LogP contribution in [0.15, 0.2) is 27.6 Å². The van der Waals surface area contributed by atoms with E-state index >= 15 is 0 Å². The van der Waals surface area contributed by atoms with Crippen LogP contribution in [0.3, 0.4) is 0 Å². The van der Waals surface area contributed by atoms with Gasteiger partial charge in [0.2, 0.25) is 0 Å². The molecule has 0 bridgehead atoms. The van der Waals surface area contributed by atoms with Crippen LogP contribution in [-0.4, -0.2) is 5.25 Å². The van der Waals surface area contributed by atoms with Gasteiger partial charge in [-0.05, 0) is 24.6 Å². The summed E-state index contributed by atoms with van der Waals surface area (Å²) < 4.78 is 1.04. The molecule has 1 unspecified atom stereocenters. The lowest BCUT2D eigenvalue weighted by Gasteiger charge is -2.10. The molecule has 0 saturated carbocycles. The zero-order valence-corrected chi connectivity index (χ0v) is 10.3. The first-order valence-corrected chi connectivity index (χ1v) is 6.02. The summed E-state index contributed by atoms with van der Waals surface area (Å²) in [5.74, 6) is 0. The van der Waals surface area contributed by atoms with E-state index in [-0.39, 0.29) is 0 Å². The third-order valence-corrected chi connectivity index (χ3v) is 3.73. The van der Waals surface area contributed by atoms with Crippen LogP contribution >= 0.6 is 27.7 Å². The first kappa shape index (κ1) is 10.9. The Kier molecular flexibility index (Phi) is 4.13. The Morgan fingerprint density at radius 1 is 1.54 bits per heavy atom. The zero-order chi connectivity index (χ0) is 9.84. The Labute approximate surface area is 92.2 Å². The van der Waals surface area contributed by atoms with Crippen molar-refractivity contribution in [3.05, 3.63) is 22.7 Å². The monoisotopic (exact) mass is 259 g/mol. The molecule has 1 rings (SSSR count). The van der Waals surface area contributed by atoms with E-state index in [4.69, 9.17) is 5.73 Å². The minimum Gasteiger partial charge on any atom is -0.398 e. The molecule has 0 fully saturated rings. The Hall–Kier alpha value is -0.150. The largest absolute Gasteiger partial charge is 0.398 e. The van der Waals surface area contributed by atoms with Gasteiger partial charge in [-0.25, -0.2) is 0 Å². The highest BCUT2D eigenvalue weighted by atomic mass is 79.9. The Bertz CT molecular complexity index is 288. The van der Waals surface area contributed by atoms with E-state index in [2.05, 4.69) is 35.8 Å². The van der Waals surface area contributed by atoms with E-state index in [1.54, 1.807) is 0 Å². The van der Waals surface area contributed by atoms with Gasteiger partial charge in [-0.15, -0.1) is 11.8 Å². The van der Waals surface area contributed by atoms with Crippen LogP contribution in [0.25, 0.3) is 0 Å². The van der Waals surface area contributed by atoms with Gasteiger partial charge in [0.25, 0.3) is 0 Å². The van der Waals surface area contributed by atoms with Crippen molar-refractivity contribution in [1.82, 2.24) is 0 Å². The van der Waals surface area contributed by atoms with E-state index in [0.29, 0.717) is 5.25 Å². The first-order chi connectivity index (χ1) is 6.13. The van der Waals surface area contributed by atoms with E-state index in [0.717, 1.165) is 10.2 Å². The van der Waals surface area contributed by atoms with Crippen molar-refractivity contribution in [2.45, 2.75) is 30.4 Å². The number of rotatable bonds is 3. The fourth-order valence-electron chi connectivity index (χ4n) is 0.927. The molecule has 13 heavy (non-hydrogen) atoms. The van der Waals surface area contributed by atoms with Gasteiger partial charge in [0.05, 0.1) is 0 Å². The lowest BCUT2D eigenvalue weighted by Crippen LogP contribution is -1.95. The molecule has 72 valence electrons. The quantitative estimate of drug-likeness (QED) is 0.658. The van der Waals surface area contributed by atoms with Crippen molar-refractivity contribution in [2.24, 2.45) is 0 Å². The van der Waals surface area contributed by atoms with Crippen molar-refractivity contribution in [2.75, 3.05) is 5.73 Å². The second-order valence-electron chi connectivity index (χ2n) is 3.02. The SMILES string of the molecule is CCC(C)Sc1ccc(Br)cc1N. The normalized spacial score (nSPS) is 12.8. The smallest absolute Gasteiger partial charge is 0.0463 e. The van der Waals surface area contributed by atoms with Gasteiger partial charge >= 0.3 is 0 Å². The molecule has 2 N–H and O–H groups in total. The lowest BCUT2D eigenvalue weighted by molar-refractivity contribution is 0.906. The van der Waals surface area contributed by atoms with Crippen molar-refractivity contribution in [3.8, 4) is 0 Å². The second kappa shape index (κ2) is 4.91. The predicted molar refractivity (Wildman–Crippen MR) is 64.2 cm³/mol. The molecule has 0 aliphatic carbocycles. The molecule has 1 aromatic carbocycles. The molecule has 0 aliphatic rings. The molecule has 0 heterocycles. The molecule has 1 atom stereocenters. The standard InChI is InChI=1S/C10H14BrNS/c1-3-7(2)13-10-5-4-8(11)6-9(10)12/h4-7H,3,12H2,1-2H3. The highest BCUT2D eigenvalue weighted by Gasteiger charge is 2.04. The van der Waals surface area contributed by atoms with Gasteiger partial charge in [0, 0.05) is 20.3 Å². The molecule has 0 radical (unpaired) electrons.